The summed E-state index contributed by atoms with van der Waals surface area (Å²) in [6.07, 6.45) is 8.11. The van der Waals surface area contributed by atoms with Crippen molar-refractivity contribution in [2.75, 3.05) is 11.6 Å². The Bertz CT molecular complexity index is 2140. The van der Waals surface area contributed by atoms with Gasteiger partial charge in [-0.15, -0.1) is 0 Å². The summed E-state index contributed by atoms with van der Waals surface area (Å²) in [7, 11) is -3.66. The molecule has 4 heterocycles. The number of benzene rings is 2. The van der Waals surface area contributed by atoms with Gasteiger partial charge in [-0.05, 0) is 60.0 Å². The third-order valence-electron chi connectivity index (χ3n) is 7.28. The number of pyridine rings is 2. The van der Waals surface area contributed by atoms with Gasteiger partial charge in [0.25, 0.3) is 0 Å². The van der Waals surface area contributed by atoms with Gasteiger partial charge in [0.1, 0.15) is 22.4 Å². The number of carbonyl (C=O) groups is 1. The predicted molar refractivity (Wildman–Crippen MR) is 168 cm³/mol. The Morgan fingerprint density at radius 2 is 1.86 bits per heavy atom. The number of nitrogens with two attached hydrogens (primary N) is 1. The fraction of sp³-hybridized carbons (Fsp3) is 0.194. The molecule has 0 fully saturated rings. The van der Waals surface area contributed by atoms with Crippen molar-refractivity contribution in [2.45, 2.75) is 31.6 Å². The monoisotopic (exact) mass is 612 g/mol. The summed E-state index contributed by atoms with van der Waals surface area (Å²) < 4.78 is 38.7. The summed E-state index contributed by atoms with van der Waals surface area (Å²) in [4.78, 5) is 29.0. The molecule has 0 saturated carbocycles. The fourth-order valence-electron chi connectivity index (χ4n) is 5.02. The number of rotatable bonds is 9. The van der Waals surface area contributed by atoms with Gasteiger partial charge in [0, 0.05) is 41.6 Å². The predicted octanol–water partition coefficient (Wildman–Crippen LogP) is 5.50. The third-order valence-corrected chi connectivity index (χ3v) is 8.48. The number of amides is 1. The van der Waals surface area contributed by atoms with E-state index in [1.54, 1.807) is 24.7 Å². The number of fused-ring (bicyclic) bond motifs is 2. The minimum Gasteiger partial charge on any atom is -0.336 e. The van der Waals surface area contributed by atoms with Crippen LogP contribution in [0.4, 0.5) is 10.1 Å². The maximum atomic E-state index is 14.6. The summed E-state index contributed by atoms with van der Waals surface area (Å²) in [5.74, 6) is -0.238. The number of aromatic nitrogens is 6. The largest absolute Gasteiger partial charge is 0.336 e. The number of nitrogens with zero attached hydrogens (tertiary/aromatic N) is 4. The highest BCUT2D eigenvalue weighted by Crippen LogP contribution is 2.34. The van der Waals surface area contributed by atoms with Crippen molar-refractivity contribution in [3.05, 3.63) is 78.5 Å². The molecule has 1 amide bonds. The van der Waals surface area contributed by atoms with Crippen molar-refractivity contribution in [2.24, 2.45) is 5.73 Å². The SMILES string of the molecule is CCCCC(=O)Nc1cncc(-c2ccc3[nH]nc(-c4nc5c(-c6cc(F)cc(C(N)S(C)(=O)=O)c6)nccc5[nH]4)c3c2)c1. The molecule has 6 aromatic rings. The van der Waals surface area contributed by atoms with Crippen molar-refractivity contribution < 1.29 is 17.6 Å². The molecule has 1 unspecified atom stereocenters. The Kier molecular flexibility index (Phi) is 7.66. The van der Waals surface area contributed by atoms with Crippen LogP contribution < -0.4 is 11.1 Å². The van der Waals surface area contributed by atoms with Gasteiger partial charge in [0.05, 0.1) is 28.6 Å². The van der Waals surface area contributed by atoms with E-state index in [0.717, 1.165) is 47.2 Å². The molecular formula is C31H29FN8O3S. The standard InChI is InChI=1S/C31H29FN8O3S/c1-3-4-5-26(41)36-22-13-20(15-34-16-22)17-6-7-24-23(14-17)28(40-39-24)31-37-25-8-9-35-27(29(25)38-31)18-10-19(12-21(32)11-18)30(33)44(2,42)43/h6-16,30H,3-5,33H2,1-2H3,(H,36,41)(H,37,38)(H,39,40). The molecule has 0 bridgehead atoms. The first-order valence-corrected chi connectivity index (χ1v) is 15.9. The average molecular weight is 613 g/mol. The first-order valence-electron chi connectivity index (χ1n) is 13.9. The van der Waals surface area contributed by atoms with Gasteiger partial charge >= 0.3 is 0 Å². The molecule has 5 N–H and O–H groups in total. The minimum atomic E-state index is -3.66. The second-order valence-electron chi connectivity index (χ2n) is 10.6. The van der Waals surface area contributed by atoms with Gasteiger partial charge in [-0.3, -0.25) is 19.9 Å². The number of imidazole rings is 1. The van der Waals surface area contributed by atoms with Crippen LogP contribution in [-0.2, 0) is 14.6 Å². The van der Waals surface area contributed by atoms with Crippen LogP contribution >= 0.6 is 0 Å². The molecule has 4 aromatic heterocycles. The van der Waals surface area contributed by atoms with Gasteiger partial charge in [-0.2, -0.15) is 5.10 Å². The van der Waals surface area contributed by atoms with E-state index in [4.69, 9.17) is 10.7 Å². The topological polar surface area (TPSA) is 172 Å². The van der Waals surface area contributed by atoms with Crippen LogP contribution in [0.3, 0.4) is 0 Å². The van der Waals surface area contributed by atoms with Crippen LogP contribution in [0, 0.1) is 5.82 Å². The number of aromatic amines is 2. The van der Waals surface area contributed by atoms with E-state index < -0.39 is 21.0 Å². The Hall–Kier alpha value is -5.01. The van der Waals surface area contributed by atoms with E-state index in [9.17, 15) is 17.6 Å². The number of anilines is 1. The molecule has 11 nitrogen and oxygen atoms in total. The number of nitrogens with one attached hydrogen (secondary N) is 3. The van der Waals surface area contributed by atoms with Gasteiger partial charge in [-0.1, -0.05) is 19.4 Å². The van der Waals surface area contributed by atoms with Crippen LogP contribution in [0.1, 0.15) is 37.1 Å². The lowest BCUT2D eigenvalue weighted by atomic mass is 10.0. The quantitative estimate of drug-likeness (QED) is 0.166. The van der Waals surface area contributed by atoms with E-state index in [1.165, 1.54) is 12.1 Å². The number of hydrogen-bond donors (Lipinski definition) is 4. The molecule has 0 spiro atoms. The number of carbonyl (C=O) groups excluding carboxylic acids is 1. The molecule has 0 aliphatic heterocycles. The zero-order valence-electron chi connectivity index (χ0n) is 23.9. The second-order valence-corrected chi connectivity index (χ2v) is 12.8. The van der Waals surface area contributed by atoms with E-state index >= 15 is 0 Å². The van der Waals surface area contributed by atoms with Gasteiger partial charge < -0.3 is 16.0 Å². The lowest BCUT2D eigenvalue weighted by Crippen LogP contribution is -2.20. The minimum absolute atomic E-state index is 0.0511. The Morgan fingerprint density at radius 1 is 1.02 bits per heavy atom. The zero-order valence-corrected chi connectivity index (χ0v) is 24.7. The van der Waals surface area contributed by atoms with Gasteiger partial charge in [-0.25, -0.2) is 17.8 Å². The summed E-state index contributed by atoms with van der Waals surface area (Å²) in [5, 5.41) is 9.86. The average Bonchev–Trinajstić information content (AvgIpc) is 3.62. The van der Waals surface area contributed by atoms with E-state index in [1.807, 2.05) is 31.2 Å². The molecule has 224 valence electrons. The molecular weight excluding hydrogens is 583 g/mol. The highest BCUT2D eigenvalue weighted by Gasteiger charge is 2.21. The molecule has 0 radical (unpaired) electrons. The van der Waals surface area contributed by atoms with E-state index in [2.05, 4.69) is 30.5 Å². The summed E-state index contributed by atoms with van der Waals surface area (Å²) in [6, 6.07) is 13.3. The normalized spacial score (nSPS) is 12.5. The highest BCUT2D eigenvalue weighted by molar-refractivity contribution is 7.90. The number of unbranched alkanes of at least 4 members (excludes halogenated alkanes) is 1. The van der Waals surface area contributed by atoms with Crippen molar-refractivity contribution in [1.82, 2.24) is 30.1 Å². The number of sulfone groups is 1. The maximum absolute atomic E-state index is 14.6. The van der Waals surface area contributed by atoms with Crippen LogP contribution in [0.25, 0.3) is 55.8 Å². The molecule has 0 saturated heterocycles. The fourth-order valence-corrected chi connectivity index (χ4v) is 5.65. The molecule has 0 aliphatic carbocycles. The lowest BCUT2D eigenvalue weighted by Gasteiger charge is -2.12. The van der Waals surface area contributed by atoms with Crippen LogP contribution in [0.5, 0.6) is 0 Å². The molecule has 0 aliphatic rings. The zero-order chi connectivity index (χ0) is 31.0. The maximum Gasteiger partial charge on any atom is 0.224 e. The Morgan fingerprint density at radius 3 is 2.66 bits per heavy atom. The molecule has 13 heteroatoms. The molecule has 1 atom stereocenters. The van der Waals surface area contributed by atoms with Gasteiger partial charge in [0.2, 0.25) is 5.91 Å². The first-order chi connectivity index (χ1) is 21.1. The number of hydrogen-bond acceptors (Lipinski definition) is 8. The first kappa shape index (κ1) is 29.1. The van der Waals surface area contributed by atoms with Crippen molar-refractivity contribution >= 4 is 43.4 Å². The lowest BCUT2D eigenvalue weighted by molar-refractivity contribution is -0.116. The summed E-state index contributed by atoms with van der Waals surface area (Å²) in [5.41, 5.74) is 11.4. The van der Waals surface area contributed by atoms with E-state index in [0.29, 0.717) is 45.9 Å². The number of H-pyrrole nitrogens is 2. The summed E-state index contributed by atoms with van der Waals surface area (Å²) >= 11 is 0. The van der Waals surface area contributed by atoms with Crippen LogP contribution in [-0.4, -0.2) is 50.7 Å². The van der Waals surface area contributed by atoms with Crippen molar-refractivity contribution in [3.63, 3.8) is 0 Å². The van der Waals surface area contributed by atoms with E-state index in [-0.39, 0.29) is 11.5 Å². The second kappa shape index (κ2) is 11.6. The Balaban J connectivity index is 1.38. The van der Waals surface area contributed by atoms with Gasteiger partial charge in [0.15, 0.2) is 15.7 Å². The molecule has 2 aromatic carbocycles. The molecule has 6 rings (SSSR count). The van der Waals surface area contributed by atoms with Crippen molar-refractivity contribution in [1.29, 1.82) is 0 Å². The van der Waals surface area contributed by atoms with Crippen LogP contribution in [0.2, 0.25) is 0 Å². The smallest absolute Gasteiger partial charge is 0.224 e. The van der Waals surface area contributed by atoms with Crippen molar-refractivity contribution in [3.8, 4) is 33.9 Å². The summed E-state index contributed by atoms with van der Waals surface area (Å²) in [6.45, 7) is 2.04. The highest BCUT2D eigenvalue weighted by atomic mass is 32.2. The Labute approximate surface area is 252 Å². The third kappa shape index (κ3) is 5.79. The molecule has 44 heavy (non-hydrogen) atoms. The number of halogens is 1. The van der Waals surface area contributed by atoms with Crippen LogP contribution in [0.15, 0.2) is 67.1 Å².